The van der Waals surface area contributed by atoms with Crippen LogP contribution < -0.4 is 14.8 Å². The van der Waals surface area contributed by atoms with Crippen molar-refractivity contribution in [2.45, 2.75) is 51.3 Å². The summed E-state index contributed by atoms with van der Waals surface area (Å²) in [5.41, 5.74) is 2.72. The Balaban J connectivity index is 1.59. The van der Waals surface area contributed by atoms with Crippen molar-refractivity contribution >= 4 is 36.1 Å². The van der Waals surface area contributed by atoms with E-state index in [0.29, 0.717) is 12.6 Å². The minimum atomic E-state index is -0.0717. The fourth-order valence-corrected chi connectivity index (χ4v) is 4.78. The Kier molecular flexibility index (Phi) is 7.51. The Morgan fingerprint density at radius 1 is 1.24 bits per heavy atom. The van der Waals surface area contributed by atoms with Gasteiger partial charge in [0.1, 0.15) is 17.6 Å². The van der Waals surface area contributed by atoms with Gasteiger partial charge in [0.05, 0.1) is 29.4 Å². The molecule has 0 unspecified atom stereocenters. The molecule has 33 heavy (non-hydrogen) atoms. The minimum Gasteiger partial charge on any atom is -0.497 e. The van der Waals surface area contributed by atoms with Crippen LogP contribution in [0.3, 0.4) is 0 Å². The van der Waals surface area contributed by atoms with Crippen LogP contribution in [0.5, 0.6) is 11.5 Å². The smallest absolute Gasteiger partial charge is 0.183 e. The van der Waals surface area contributed by atoms with E-state index >= 15 is 0 Å². The fourth-order valence-electron chi connectivity index (χ4n) is 4.35. The van der Waals surface area contributed by atoms with Crippen molar-refractivity contribution in [1.82, 2.24) is 15.1 Å². The minimum absolute atomic E-state index is 0.0360. The van der Waals surface area contributed by atoms with Crippen LogP contribution in [0.2, 0.25) is 0 Å². The van der Waals surface area contributed by atoms with Crippen LogP contribution >= 0.6 is 12.2 Å². The van der Waals surface area contributed by atoms with Gasteiger partial charge in [-0.1, -0.05) is 55.9 Å². The Morgan fingerprint density at radius 2 is 2.03 bits per heavy atom. The molecule has 0 aliphatic carbocycles. The predicted octanol–water partition coefficient (Wildman–Crippen LogP) is 4.92. The van der Waals surface area contributed by atoms with Crippen molar-refractivity contribution in [2.24, 2.45) is 0 Å². The molecule has 0 spiro atoms. The average molecular weight is 459 g/mol. The van der Waals surface area contributed by atoms with Crippen LogP contribution in [0.1, 0.15) is 33.1 Å². The number of rotatable bonds is 8. The third kappa shape index (κ3) is 5.48. The second-order valence-electron chi connectivity index (χ2n) is 8.64. The monoisotopic (exact) mass is 459 g/mol. The molecule has 0 saturated carbocycles. The number of methoxy groups -OCH3 is 1. The first-order valence-corrected chi connectivity index (χ1v) is 11.9. The molecule has 3 aromatic rings. The molecular formula is C26H30BN3O2S. The zero-order valence-electron chi connectivity index (χ0n) is 19.5. The summed E-state index contributed by atoms with van der Waals surface area (Å²) in [6.07, 6.45) is 2.86. The normalized spacial score (nSPS) is 19.4. The summed E-state index contributed by atoms with van der Waals surface area (Å²) in [4.78, 5) is 7.46. The number of thiocarbonyl (C=S) groups is 1. The van der Waals surface area contributed by atoms with Gasteiger partial charge in [-0.3, -0.25) is 0 Å². The maximum absolute atomic E-state index is 6.54. The van der Waals surface area contributed by atoms with Gasteiger partial charge in [-0.15, -0.1) is 0 Å². The molecule has 3 atom stereocenters. The van der Waals surface area contributed by atoms with E-state index in [1.165, 1.54) is 0 Å². The second kappa shape index (κ2) is 10.5. The Hall–Kier alpha value is -2.64. The molecule has 1 N–H and O–H groups in total. The number of fused-ring (bicyclic) bond motifs is 1. The van der Waals surface area contributed by atoms with Gasteiger partial charge in [0.2, 0.25) is 0 Å². The highest BCUT2D eigenvalue weighted by atomic mass is 32.1. The lowest BCUT2D eigenvalue weighted by Gasteiger charge is -2.24. The number of pyridine rings is 1. The van der Waals surface area contributed by atoms with Crippen LogP contribution in [0.15, 0.2) is 54.6 Å². The molecule has 2 radical (unpaired) electrons. The first kappa shape index (κ1) is 23.5. The van der Waals surface area contributed by atoms with Crippen LogP contribution in [0.4, 0.5) is 0 Å². The van der Waals surface area contributed by atoms with Crippen molar-refractivity contribution in [3.05, 3.63) is 54.6 Å². The van der Waals surface area contributed by atoms with Crippen LogP contribution in [-0.2, 0) is 0 Å². The molecule has 1 aromatic heterocycles. The summed E-state index contributed by atoms with van der Waals surface area (Å²) in [5, 5.41) is 4.39. The average Bonchev–Trinajstić information content (AvgIpc) is 3.19. The highest BCUT2D eigenvalue weighted by Crippen LogP contribution is 2.34. The van der Waals surface area contributed by atoms with E-state index in [2.05, 4.69) is 19.2 Å². The molecule has 1 saturated heterocycles. The summed E-state index contributed by atoms with van der Waals surface area (Å²) in [7, 11) is 8.00. The number of hydrogen-bond donors (Lipinski definition) is 1. The largest absolute Gasteiger partial charge is 0.497 e. The summed E-state index contributed by atoms with van der Waals surface area (Å²) >= 11 is 5.68. The van der Waals surface area contributed by atoms with E-state index in [-0.39, 0.29) is 12.1 Å². The van der Waals surface area contributed by atoms with Crippen molar-refractivity contribution in [3.8, 4) is 22.8 Å². The molecular weight excluding hydrogens is 429 g/mol. The molecule has 1 aliphatic rings. The Bertz CT molecular complexity index is 1110. The number of ether oxygens (including phenoxy) is 2. The molecule has 0 bridgehead atoms. The number of nitrogens with one attached hydrogen (secondary N) is 1. The predicted molar refractivity (Wildman–Crippen MR) is 139 cm³/mol. The summed E-state index contributed by atoms with van der Waals surface area (Å²) in [5.74, 6) is 1.55. The van der Waals surface area contributed by atoms with Crippen LogP contribution in [-0.4, -0.2) is 54.6 Å². The topological polar surface area (TPSA) is 46.6 Å². The van der Waals surface area contributed by atoms with Gasteiger partial charge in [-0.05, 0) is 25.5 Å². The van der Waals surface area contributed by atoms with Gasteiger partial charge >= 0.3 is 0 Å². The zero-order chi connectivity index (χ0) is 23.4. The van der Waals surface area contributed by atoms with Crippen molar-refractivity contribution in [3.63, 3.8) is 0 Å². The van der Waals surface area contributed by atoms with Gasteiger partial charge in [0.15, 0.2) is 7.98 Å². The molecule has 7 heteroatoms. The SMILES string of the molecule is [B]N1C[C@H](Oc2cc(-c3ccccc3)nc3cc(OC)ccc23)C[C@H]1C(=S)N[C@H](C)CCC. The van der Waals surface area contributed by atoms with Crippen LogP contribution in [0, 0.1) is 0 Å². The van der Waals surface area contributed by atoms with E-state index in [9.17, 15) is 0 Å². The molecule has 0 amide bonds. The summed E-state index contributed by atoms with van der Waals surface area (Å²) in [6, 6.07) is 18.3. The quantitative estimate of drug-likeness (QED) is 0.381. The number of hydrogen-bond acceptors (Lipinski definition) is 5. The van der Waals surface area contributed by atoms with Crippen molar-refractivity contribution in [2.75, 3.05) is 13.7 Å². The van der Waals surface area contributed by atoms with E-state index < -0.39 is 0 Å². The maximum atomic E-state index is 6.54. The van der Waals surface area contributed by atoms with Gasteiger partial charge < -0.3 is 19.6 Å². The maximum Gasteiger partial charge on any atom is 0.183 e. The number of benzene rings is 2. The van der Waals surface area contributed by atoms with Crippen molar-refractivity contribution < 1.29 is 9.47 Å². The third-order valence-electron chi connectivity index (χ3n) is 6.06. The van der Waals surface area contributed by atoms with Crippen molar-refractivity contribution in [1.29, 1.82) is 0 Å². The van der Waals surface area contributed by atoms with E-state index in [4.69, 9.17) is 34.7 Å². The Morgan fingerprint density at radius 3 is 2.76 bits per heavy atom. The molecule has 4 rings (SSSR count). The lowest BCUT2D eigenvalue weighted by Crippen LogP contribution is -2.44. The van der Waals surface area contributed by atoms with Gasteiger partial charge in [-0.2, -0.15) is 0 Å². The summed E-state index contributed by atoms with van der Waals surface area (Å²) < 4.78 is 12.0. The first-order valence-electron chi connectivity index (χ1n) is 11.5. The fraction of sp³-hybridized carbons (Fsp3) is 0.385. The van der Waals surface area contributed by atoms with E-state index in [0.717, 1.165) is 57.9 Å². The van der Waals surface area contributed by atoms with Gasteiger partial charge in [0.25, 0.3) is 0 Å². The highest BCUT2D eigenvalue weighted by Gasteiger charge is 2.33. The molecule has 170 valence electrons. The second-order valence-corrected chi connectivity index (χ2v) is 9.08. The molecule has 1 aliphatic heterocycles. The molecule has 1 fully saturated rings. The Labute approximate surface area is 202 Å². The van der Waals surface area contributed by atoms with E-state index in [1.54, 1.807) is 11.9 Å². The van der Waals surface area contributed by atoms with Gasteiger partial charge in [-0.25, -0.2) is 4.98 Å². The lowest BCUT2D eigenvalue weighted by molar-refractivity contribution is 0.218. The highest BCUT2D eigenvalue weighted by molar-refractivity contribution is 7.80. The summed E-state index contributed by atoms with van der Waals surface area (Å²) in [6.45, 7) is 4.94. The standard InChI is InChI=1S/C26H30BN3O2S/c1-4-8-17(2)28-26(33)24-14-20(16-30(24)27)32-25-15-22(18-9-6-5-7-10-18)29-23-13-19(31-3)11-12-21(23)25/h5-7,9-13,15,17,20,24H,4,8,14,16H2,1-3H3,(H,28,33)/t17-,20-,24+/m1/s1. The zero-order valence-corrected chi connectivity index (χ0v) is 20.3. The van der Waals surface area contributed by atoms with Gasteiger partial charge in [0, 0.05) is 42.1 Å². The number of nitrogens with zero attached hydrogens (tertiary/aromatic N) is 2. The van der Waals surface area contributed by atoms with Crippen LogP contribution in [0.25, 0.3) is 22.2 Å². The van der Waals surface area contributed by atoms with E-state index in [1.807, 2.05) is 54.6 Å². The number of aromatic nitrogens is 1. The molecule has 2 aromatic carbocycles. The molecule has 5 nitrogen and oxygen atoms in total. The third-order valence-corrected chi connectivity index (χ3v) is 6.45. The first-order chi connectivity index (χ1) is 16.0. The molecule has 2 heterocycles. The lowest BCUT2D eigenvalue weighted by atomic mass is 10.1.